The topological polar surface area (TPSA) is 86.5 Å². The second-order valence-corrected chi connectivity index (χ2v) is 3.46. The highest BCUT2D eigenvalue weighted by Crippen LogP contribution is 2.03. The molecule has 0 aliphatic carbocycles. The molecule has 0 unspecified atom stereocenters. The van der Waals surface area contributed by atoms with Crippen LogP contribution < -0.4 is 5.49 Å². The Kier molecular flexibility index (Phi) is 2.99. The number of rotatable bonds is 3. The molecule has 0 aliphatic rings. The van der Waals surface area contributed by atoms with Crippen molar-refractivity contribution < 1.29 is 9.56 Å². The molecule has 0 amide bonds. The van der Waals surface area contributed by atoms with E-state index in [1.807, 2.05) is 6.92 Å². The number of pyridine rings is 1. The van der Waals surface area contributed by atoms with Crippen molar-refractivity contribution in [1.29, 1.82) is 0 Å². The average Bonchev–Trinajstić information content (AvgIpc) is 2.66. The first-order valence-corrected chi connectivity index (χ1v) is 4.92. The highest BCUT2D eigenvalue weighted by molar-refractivity contribution is 5.04. The molecule has 0 aliphatic heterocycles. The number of nitrogens with zero attached hydrogens (tertiary/aromatic N) is 4. The van der Waals surface area contributed by atoms with E-state index in [1.54, 1.807) is 35.0 Å². The van der Waals surface area contributed by atoms with Gasteiger partial charge in [0.05, 0.1) is 17.3 Å². The van der Waals surface area contributed by atoms with E-state index in [-0.39, 0.29) is 5.49 Å². The fraction of sp³-hybridized carbons (Fsp3) is 0.200. The van der Waals surface area contributed by atoms with Gasteiger partial charge < -0.3 is 9.09 Å². The number of aromatic nitrogens is 2. The van der Waals surface area contributed by atoms with Gasteiger partial charge >= 0.3 is 0 Å². The molecule has 0 radical (unpaired) electrons. The molecule has 7 nitrogen and oxygen atoms in total. The Balaban J connectivity index is 2.36. The third-order valence-corrected chi connectivity index (χ3v) is 2.10. The minimum atomic E-state index is -0.725. The molecule has 0 aromatic carbocycles. The van der Waals surface area contributed by atoms with Crippen molar-refractivity contribution in [2.24, 2.45) is 5.10 Å². The lowest BCUT2D eigenvalue weighted by Crippen LogP contribution is -2.21. The summed E-state index contributed by atoms with van der Waals surface area (Å²) >= 11 is 0. The maximum Gasteiger partial charge on any atom is 0.207 e. The van der Waals surface area contributed by atoms with Crippen molar-refractivity contribution in [2.45, 2.75) is 13.5 Å². The highest BCUT2D eigenvalue weighted by Gasteiger charge is 2.03. The summed E-state index contributed by atoms with van der Waals surface area (Å²) in [5, 5.41) is 16.7. The molecule has 0 fully saturated rings. The first kappa shape index (κ1) is 11.1. The summed E-state index contributed by atoms with van der Waals surface area (Å²) in [7, 11) is 0. The highest BCUT2D eigenvalue weighted by atomic mass is 16.7. The molecule has 17 heavy (non-hydrogen) atoms. The van der Waals surface area contributed by atoms with Crippen LogP contribution in [-0.4, -0.2) is 14.8 Å². The van der Waals surface area contributed by atoms with Crippen LogP contribution in [0.4, 0.5) is 0 Å². The number of hydrogen-bond donors (Lipinski definition) is 0. The molecular weight excluding hydrogens is 224 g/mol. The normalized spacial score (nSPS) is 11.7. The van der Waals surface area contributed by atoms with E-state index in [4.69, 9.17) is 4.52 Å². The van der Waals surface area contributed by atoms with Gasteiger partial charge in [0.1, 0.15) is 0 Å². The Morgan fingerprint density at radius 1 is 1.59 bits per heavy atom. The monoisotopic (exact) mass is 234 g/mol. The maximum atomic E-state index is 10.4. The van der Waals surface area contributed by atoms with E-state index >= 15 is 0 Å². The molecule has 0 N–H and O–H groups in total. The third-order valence-electron chi connectivity index (χ3n) is 2.10. The second-order valence-electron chi connectivity index (χ2n) is 3.46. The van der Waals surface area contributed by atoms with Crippen LogP contribution in [0, 0.1) is 17.0 Å². The van der Waals surface area contributed by atoms with Gasteiger partial charge in [0, 0.05) is 12.3 Å². The third kappa shape index (κ3) is 2.77. The van der Waals surface area contributed by atoms with E-state index < -0.39 is 5.03 Å². The SMILES string of the molecule is Cc1cc(Cn2cccc/c2=N\[N+](=O)[O-])on1. The van der Waals surface area contributed by atoms with Gasteiger partial charge in [-0.05, 0) is 19.1 Å². The van der Waals surface area contributed by atoms with Crippen molar-refractivity contribution >= 4 is 0 Å². The smallest absolute Gasteiger partial charge is 0.207 e. The van der Waals surface area contributed by atoms with E-state index in [9.17, 15) is 10.1 Å². The molecule has 2 rings (SSSR count). The van der Waals surface area contributed by atoms with Crippen LogP contribution in [-0.2, 0) is 6.54 Å². The lowest BCUT2D eigenvalue weighted by molar-refractivity contribution is -0.490. The van der Waals surface area contributed by atoms with Crippen LogP contribution in [0.15, 0.2) is 40.1 Å². The zero-order valence-corrected chi connectivity index (χ0v) is 9.11. The van der Waals surface area contributed by atoms with Gasteiger partial charge in [-0.2, -0.15) is 0 Å². The van der Waals surface area contributed by atoms with E-state index in [2.05, 4.69) is 10.3 Å². The first-order chi connectivity index (χ1) is 8.15. The molecule has 88 valence electrons. The van der Waals surface area contributed by atoms with Crippen LogP contribution in [0.1, 0.15) is 11.5 Å². The molecule has 0 spiro atoms. The number of nitro groups is 1. The molecule has 2 heterocycles. The Labute approximate surface area is 96.1 Å². The quantitative estimate of drug-likeness (QED) is 0.583. The van der Waals surface area contributed by atoms with Gasteiger partial charge in [0.25, 0.3) is 0 Å². The Morgan fingerprint density at radius 2 is 2.41 bits per heavy atom. The molecule has 2 aromatic heterocycles. The standard InChI is InChI=1S/C10H10N4O3/c1-8-6-9(17-12-8)7-13-5-3-2-4-10(13)11-14(15)16/h2-6H,7H2,1H3/b11-10+. The summed E-state index contributed by atoms with van der Waals surface area (Å²) in [4.78, 5) is 10.4. The van der Waals surface area contributed by atoms with Crippen LogP contribution in [0.5, 0.6) is 0 Å². The fourth-order valence-electron chi connectivity index (χ4n) is 1.43. The lowest BCUT2D eigenvalue weighted by Gasteiger charge is -2.01. The lowest BCUT2D eigenvalue weighted by atomic mass is 10.3. The predicted molar refractivity (Wildman–Crippen MR) is 57.3 cm³/mol. The van der Waals surface area contributed by atoms with Crippen LogP contribution in [0.3, 0.4) is 0 Å². The van der Waals surface area contributed by atoms with E-state index in [0.717, 1.165) is 5.69 Å². The van der Waals surface area contributed by atoms with Gasteiger partial charge in [0.15, 0.2) is 10.8 Å². The summed E-state index contributed by atoms with van der Waals surface area (Å²) in [6, 6.07) is 6.79. The van der Waals surface area contributed by atoms with Gasteiger partial charge in [-0.1, -0.05) is 11.2 Å². The first-order valence-electron chi connectivity index (χ1n) is 4.92. The molecule has 0 saturated carbocycles. The van der Waals surface area contributed by atoms with Crippen LogP contribution >= 0.6 is 0 Å². The van der Waals surface area contributed by atoms with Gasteiger partial charge in [-0.15, -0.1) is 0 Å². The molecule has 0 saturated heterocycles. The van der Waals surface area contributed by atoms with Crippen molar-refractivity contribution in [3.05, 3.63) is 57.5 Å². The minimum Gasteiger partial charge on any atom is -0.359 e. The van der Waals surface area contributed by atoms with Crippen molar-refractivity contribution in [2.75, 3.05) is 0 Å². The molecule has 7 heteroatoms. The second kappa shape index (κ2) is 4.60. The Morgan fingerprint density at radius 3 is 3.06 bits per heavy atom. The number of aryl methyl sites for hydroxylation is 1. The van der Waals surface area contributed by atoms with Gasteiger partial charge in [-0.25, -0.2) is 10.1 Å². The van der Waals surface area contributed by atoms with E-state index in [0.29, 0.717) is 12.3 Å². The summed E-state index contributed by atoms with van der Waals surface area (Å²) in [5.74, 6) is 0.624. The van der Waals surface area contributed by atoms with Gasteiger partial charge in [0.2, 0.25) is 5.49 Å². The zero-order valence-electron chi connectivity index (χ0n) is 9.11. The van der Waals surface area contributed by atoms with Crippen molar-refractivity contribution in [1.82, 2.24) is 9.72 Å². The molecule has 0 bridgehead atoms. The summed E-state index contributed by atoms with van der Waals surface area (Å²) < 4.78 is 6.66. The summed E-state index contributed by atoms with van der Waals surface area (Å²) in [6.45, 7) is 2.17. The van der Waals surface area contributed by atoms with Crippen molar-refractivity contribution in [3.63, 3.8) is 0 Å². The zero-order chi connectivity index (χ0) is 12.3. The maximum absolute atomic E-state index is 10.4. The predicted octanol–water partition coefficient (Wildman–Crippen LogP) is 0.925. The van der Waals surface area contributed by atoms with Crippen LogP contribution in [0.2, 0.25) is 0 Å². The van der Waals surface area contributed by atoms with E-state index in [1.165, 1.54) is 0 Å². The van der Waals surface area contributed by atoms with Crippen molar-refractivity contribution in [3.8, 4) is 0 Å². The molecule has 2 aromatic rings. The molecular formula is C10H10N4O3. The summed E-state index contributed by atoms with van der Waals surface area (Å²) in [6.07, 6.45) is 1.69. The van der Waals surface area contributed by atoms with Crippen LogP contribution in [0.25, 0.3) is 0 Å². The number of hydrogen-bond acceptors (Lipinski definition) is 4. The average molecular weight is 234 g/mol. The summed E-state index contributed by atoms with van der Waals surface area (Å²) in [5.41, 5.74) is 1.02. The Hall–Kier alpha value is -2.44. The largest absolute Gasteiger partial charge is 0.359 e. The minimum absolute atomic E-state index is 0.256. The molecule has 0 atom stereocenters. The van der Waals surface area contributed by atoms with Gasteiger partial charge in [-0.3, -0.25) is 0 Å². The fourth-order valence-corrected chi connectivity index (χ4v) is 1.43. The Bertz CT molecular complexity index is 599.